The summed E-state index contributed by atoms with van der Waals surface area (Å²) < 4.78 is 13.6. The third-order valence-corrected chi connectivity index (χ3v) is 8.91. The predicted molar refractivity (Wildman–Crippen MR) is 183 cm³/mol. The zero-order valence-corrected chi connectivity index (χ0v) is 26.3. The lowest BCUT2D eigenvalue weighted by Gasteiger charge is -2.22. The number of fused-ring (bicyclic) bond motifs is 3. The molecule has 0 fully saturated rings. The molecule has 0 spiro atoms. The smallest absolute Gasteiger partial charge is 0.164 e. The van der Waals surface area contributed by atoms with Crippen LogP contribution in [0, 0.1) is 27.7 Å². The molecule has 6 heteroatoms. The van der Waals surface area contributed by atoms with E-state index in [9.17, 15) is 0 Å². The maximum atomic E-state index is 5.62. The molecule has 0 bridgehead atoms. The molecule has 0 unspecified atom stereocenters. The number of benzene rings is 5. The van der Waals surface area contributed by atoms with Gasteiger partial charge in [-0.2, -0.15) is 0 Å². The summed E-state index contributed by atoms with van der Waals surface area (Å²) >= 11 is 0. The van der Waals surface area contributed by atoms with Crippen molar-refractivity contribution in [1.82, 2.24) is 19.5 Å². The maximum Gasteiger partial charge on any atom is 0.164 e. The lowest BCUT2D eigenvalue weighted by atomic mass is 9.91. The Kier molecular flexibility index (Phi) is 7.05. The molecular weight excluding hydrogens is 556 g/mol. The van der Waals surface area contributed by atoms with Crippen molar-refractivity contribution in [2.75, 3.05) is 14.2 Å². The van der Waals surface area contributed by atoms with Gasteiger partial charge < -0.3 is 14.0 Å². The summed E-state index contributed by atoms with van der Waals surface area (Å²) in [4.78, 5) is 15.1. The number of ether oxygens (including phenoxy) is 2. The topological polar surface area (TPSA) is 62.1 Å². The molecular formula is C39H34N4O2. The molecule has 6 nitrogen and oxygen atoms in total. The predicted octanol–water partition coefficient (Wildman–Crippen LogP) is 9.22. The van der Waals surface area contributed by atoms with E-state index in [2.05, 4.69) is 56.5 Å². The van der Waals surface area contributed by atoms with Crippen molar-refractivity contribution in [3.8, 4) is 51.3 Å². The van der Waals surface area contributed by atoms with Crippen LogP contribution >= 0.6 is 0 Å². The van der Waals surface area contributed by atoms with Crippen molar-refractivity contribution in [1.29, 1.82) is 0 Å². The zero-order chi connectivity index (χ0) is 31.2. The molecule has 0 aliphatic carbocycles. The van der Waals surface area contributed by atoms with Crippen LogP contribution in [0.15, 0.2) is 97.1 Å². The van der Waals surface area contributed by atoms with E-state index < -0.39 is 0 Å². The fourth-order valence-electron chi connectivity index (χ4n) is 6.36. The Morgan fingerprint density at radius 1 is 0.489 bits per heavy atom. The quantitative estimate of drug-likeness (QED) is 0.193. The molecule has 0 aliphatic rings. The van der Waals surface area contributed by atoms with Crippen LogP contribution in [-0.2, 0) is 0 Å². The van der Waals surface area contributed by atoms with Crippen LogP contribution in [0.1, 0.15) is 22.3 Å². The van der Waals surface area contributed by atoms with Crippen LogP contribution in [0.25, 0.3) is 61.7 Å². The molecule has 0 amide bonds. The van der Waals surface area contributed by atoms with Crippen molar-refractivity contribution in [2.45, 2.75) is 27.7 Å². The normalized spacial score (nSPS) is 11.3. The summed E-state index contributed by atoms with van der Waals surface area (Å²) in [6.07, 6.45) is 0. The second-order valence-corrected chi connectivity index (χ2v) is 11.4. The molecule has 5 aromatic carbocycles. The minimum Gasteiger partial charge on any atom is -0.497 e. The summed E-state index contributed by atoms with van der Waals surface area (Å²) in [5.41, 5.74) is 10.9. The first-order chi connectivity index (χ1) is 21.9. The Hall–Kier alpha value is -5.49. The van der Waals surface area contributed by atoms with Gasteiger partial charge in [0.15, 0.2) is 17.5 Å². The Morgan fingerprint density at radius 2 is 0.911 bits per heavy atom. The van der Waals surface area contributed by atoms with E-state index in [1.807, 2.05) is 72.8 Å². The Morgan fingerprint density at radius 3 is 1.33 bits per heavy atom. The SMILES string of the molecule is COc1ccc2c(c1)c1cc(OC)ccc1n2-c1c(C)c(C)c(-c2nc(-c3ccccc3)nc(-c3ccccc3)n2)c(C)c1C. The lowest BCUT2D eigenvalue weighted by Crippen LogP contribution is -2.08. The van der Waals surface area contributed by atoms with E-state index in [1.54, 1.807) is 14.2 Å². The highest BCUT2D eigenvalue weighted by Gasteiger charge is 2.24. The number of hydrogen-bond acceptors (Lipinski definition) is 5. The number of methoxy groups -OCH3 is 2. The molecule has 7 aromatic rings. The van der Waals surface area contributed by atoms with Gasteiger partial charge in [-0.15, -0.1) is 0 Å². The average molecular weight is 591 g/mol. The van der Waals surface area contributed by atoms with Crippen molar-refractivity contribution in [3.63, 3.8) is 0 Å². The highest BCUT2D eigenvalue weighted by molar-refractivity contribution is 6.10. The van der Waals surface area contributed by atoms with Gasteiger partial charge in [0.25, 0.3) is 0 Å². The van der Waals surface area contributed by atoms with Gasteiger partial charge in [-0.25, -0.2) is 15.0 Å². The molecule has 0 radical (unpaired) electrons. The molecule has 0 N–H and O–H groups in total. The maximum absolute atomic E-state index is 5.62. The van der Waals surface area contributed by atoms with Crippen LogP contribution < -0.4 is 9.47 Å². The fraction of sp³-hybridized carbons (Fsp3) is 0.154. The molecule has 45 heavy (non-hydrogen) atoms. The van der Waals surface area contributed by atoms with Crippen LogP contribution in [0.4, 0.5) is 0 Å². The van der Waals surface area contributed by atoms with E-state index in [0.29, 0.717) is 17.5 Å². The summed E-state index contributed by atoms with van der Waals surface area (Å²) in [5, 5.41) is 2.22. The van der Waals surface area contributed by atoms with Gasteiger partial charge in [-0.3, -0.25) is 0 Å². The number of nitrogens with zero attached hydrogens (tertiary/aromatic N) is 4. The van der Waals surface area contributed by atoms with Gasteiger partial charge in [-0.1, -0.05) is 60.7 Å². The van der Waals surface area contributed by atoms with Gasteiger partial charge >= 0.3 is 0 Å². The van der Waals surface area contributed by atoms with Gasteiger partial charge in [0.05, 0.1) is 30.9 Å². The fourth-order valence-corrected chi connectivity index (χ4v) is 6.36. The van der Waals surface area contributed by atoms with E-state index in [1.165, 1.54) is 11.1 Å². The number of aromatic nitrogens is 4. The van der Waals surface area contributed by atoms with Crippen LogP contribution in [0.3, 0.4) is 0 Å². The Labute approximate surface area is 263 Å². The number of rotatable bonds is 6. The van der Waals surface area contributed by atoms with Gasteiger partial charge in [0.1, 0.15) is 11.5 Å². The second kappa shape index (κ2) is 11.2. The molecule has 0 atom stereocenters. The third-order valence-electron chi connectivity index (χ3n) is 8.91. The first-order valence-electron chi connectivity index (χ1n) is 15.0. The van der Waals surface area contributed by atoms with Crippen molar-refractivity contribution in [2.24, 2.45) is 0 Å². The summed E-state index contributed by atoms with van der Waals surface area (Å²) in [6.45, 7) is 8.74. The molecule has 7 rings (SSSR count). The zero-order valence-electron chi connectivity index (χ0n) is 26.3. The third kappa shape index (κ3) is 4.70. The van der Waals surface area contributed by atoms with Gasteiger partial charge in [0.2, 0.25) is 0 Å². The standard InChI is InChI=1S/C39H34N4O2/c1-23-25(3)36(43-33-19-17-29(44-5)21-31(33)32-22-30(45-6)18-20-34(32)43)26(4)24(2)35(23)39-41-37(27-13-9-7-10-14-27)40-38(42-39)28-15-11-8-12-16-28/h7-22H,1-6H3. The molecule has 2 heterocycles. The van der Waals surface area contributed by atoms with E-state index >= 15 is 0 Å². The van der Waals surface area contributed by atoms with Gasteiger partial charge in [-0.05, 0) is 86.3 Å². The first-order valence-corrected chi connectivity index (χ1v) is 15.0. The minimum atomic E-state index is 0.655. The van der Waals surface area contributed by atoms with Crippen LogP contribution in [-0.4, -0.2) is 33.7 Å². The average Bonchev–Trinajstić information content (AvgIpc) is 3.40. The highest BCUT2D eigenvalue weighted by atomic mass is 16.5. The van der Waals surface area contributed by atoms with Crippen LogP contribution in [0.5, 0.6) is 11.5 Å². The monoisotopic (exact) mass is 590 g/mol. The van der Waals surface area contributed by atoms with Crippen molar-refractivity contribution >= 4 is 21.8 Å². The van der Waals surface area contributed by atoms with Crippen molar-refractivity contribution in [3.05, 3.63) is 119 Å². The molecule has 0 aliphatic heterocycles. The lowest BCUT2D eigenvalue weighted by molar-refractivity contribution is 0.415. The minimum absolute atomic E-state index is 0.655. The van der Waals surface area contributed by atoms with E-state index in [4.69, 9.17) is 24.4 Å². The largest absolute Gasteiger partial charge is 0.497 e. The Bertz CT molecular complexity index is 2070. The molecule has 222 valence electrons. The van der Waals surface area contributed by atoms with E-state index in [0.717, 1.165) is 66.8 Å². The summed E-state index contributed by atoms with van der Waals surface area (Å²) in [6, 6.07) is 32.8. The summed E-state index contributed by atoms with van der Waals surface area (Å²) in [7, 11) is 3.41. The number of hydrogen-bond donors (Lipinski definition) is 0. The van der Waals surface area contributed by atoms with Crippen molar-refractivity contribution < 1.29 is 9.47 Å². The van der Waals surface area contributed by atoms with Gasteiger partial charge in [0, 0.05) is 27.5 Å². The first kappa shape index (κ1) is 28.3. The highest BCUT2D eigenvalue weighted by Crippen LogP contribution is 2.41. The molecule has 0 saturated heterocycles. The Balaban J connectivity index is 1.50. The molecule has 2 aromatic heterocycles. The second-order valence-electron chi connectivity index (χ2n) is 11.4. The summed E-state index contributed by atoms with van der Waals surface area (Å²) in [5.74, 6) is 3.62. The van der Waals surface area contributed by atoms with Crippen LogP contribution in [0.2, 0.25) is 0 Å². The van der Waals surface area contributed by atoms with E-state index in [-0.39, 0.29) is 0 Å². The molecule has 0 saturated carbocycles.